The first kappa shape index (κ1) is 29.8. The summed E-state index contributed by atoms with van der Waals surface area (Å²) in [4.78, 5) is 43.8. The van der Waals surface area contributed by atoms with Crippen LogP contribution in [0.3, 0.4) is 0 Å². The number of rotatable bonds is 8. The summed E-state index contributed by atoms with van der Waals surface area (Å²) in [5.74, 6) is -2.67. The zero-order valence-electron chi connectivity index (χ0n) is 22.2. The Morgan fingerprint density at radius 1 is 1.07 bits per heavy atom. The summed E-state index contributed by atoms with van der Waals surface area (Å²) in [6.07, 6.45) is 1.80. The molecule has 2 aliphatic heterocycles. The lowest BCUT2D eigenvalue weighted by molar-refractivity contribution is -0.152. The number of carboxylic acid groups (broad SMARTS) is 1. The third-order valence-corrected chi connectivity index (χ3v) is 9.28. The van der Waals surface area contributed by atoms with Crippen molar-refractivity contribution in [2.45, 2.75) is 82.2 Å². The van der Waals surface area contributed by atoms with Crippen LogP contribution in [0.4, 0.5) is 13.2 Å². The molecule has 2 aromatic rings. The average molecular weight is 617 g/mol. The van der Waals surface area contributed by atoms with Gasteiger partial charge in [-0.3, -0.25) is 24.0 Å². The van der Waals surface area contributed by atoms with Crippen LogP contribution in [0.2, 0.25) is 10.0 Å². The topological polar surface area (TPSA) is 115 Å². The van der Waals surface area contributed by atoms with Gasteiger partial charge in [0.15, 0.2) is 11.5 Å². The number of aromatic nitrogens is 3. The fourth-order valence-corrected chi connectivity index (χ4v) is 6.90. The SMILES string of the molecule is CC1(C(=O)O)CCC(n2ncc(C(=O)N(CC(=O)c3c(Cl)cncc3Cl)C[C@]34CC[C@@H](CC3)O4)c2C(F)(F)F)CC1. The summed E-state index contributed by atoms with van der Waals surface area (Å²) in [5.41, 5.74) is -3.78. The Balaban J connectivity index is 1.48. The van der Waals surface area contributed by atoms with E-state index < -0.39 is 58.7 Å². The maximum absolute atomic E-state index is 14.5. The van der Waals surface area contributed by atoms with Crippen LogP contribution in [-0.4, -0.2) is 67.2 Å². The highest BCUT2D eigenvalue weighted by Gasteiger charge is 2.49. The Morgan fingerprint density at radius 2 is 1.68 bits per heavy atom. The van der Waals surface area contributed by atoms with E-state index in [4.69, 9.17) is 27.9 Å². The molecule has 0 atom stereocenters. The molecule has 9 nitrogen and oxygen atoms in total. The largest absolute Gasteiger partial charge is 0.481 e. The molecular weight excluding hydrogens is 588 g/mol. The normalized spacial score (nSPS) is 27.7. The number of carbonyl (C=O) groups excluding carboxylic acids is 2. The Kier molecular flexibility index (Phi) is 7.88. The fourth-order valence-electron chi connectivity index (χ4n) is 6.33. The molecule has 5 rings (SSSR count). The summed E-state index contributed by atoms with van der Waals surface area (Å²) in [6.45, 7) is 0.904. The Morgan fingerprint density at radius 3 is 2.20 bits per heavy atom. The zero-order chi connectivity index (χ0) is 29.7. The maximum atomic E-state index is 14.5. The molecule has 2 bridgehead atoms. The van der Waals surface area contributed by atoms with E-state index >= 15 is 0 Å². The van der Waals surface area contributed by atoms with Crippen molar-refractivity contribution in [2.75, 3.05) is 13.1 Å². The summed E-state index contributed by atoms with van der Waals surface area (Å²) < 4.78 is 50.5. The summed E-state index contributed by atoms with van der Waals surface area (Å²) in [5, 5.41) is 13.4. The molecule has 1 amide bonds. The molecule has 1 saturated carbocycles. The van der Waals surface area contributed by atoms with Gasteiger partial charge in [0.1, 0.15) is 0 Å². The number of hydrogen-bond donors (Lipinski definition) is 1. The molecule has 222 valence electrons. The van der Waals surface area contributed by atoms with Crippen LogP contribution in [0.25, 0.3) is 0 Å². The van der Waals surface area contributed by atoms with Gasteiger partial charge in [0.25, 0.3) is 5.91 Å². The molecule has 1 N–H and O–H groups in total. The predicted octanol–water partition coefficient (Wildman–Crippen LogP) is 5.85. The van der Waals surface area contributed by atoms with Crippen molar-refractivity contribution in [3.8, 4) is 0 Å². The Labute approximate surface area is 243 Å². The van der Waals surface area contributed by atoms with Gasteiger partial charge < -0.3 is 14.7 Å². The molecule has 1 aliphatic carbocycles. The van der Waals surface area contributed by atoms with Gasteiger partial charge in [0.05, 0.1) is 63.6 Å². The number of hydrogen-bond acceptors (Lipinski definition) is 6. The lowest BCUT2D eigenvalue weighted by Gasteiger charge is -2.35. The number of carboxylic acids is 1. The van der Waals surface area contributed by atoms with E-state index in [2.05, 4.69) is 10.1 Å². The van der Waals surface area contributed by atoms with Gasteiger partial charge in [0, 0.05) is 12.4 Å². The van der Waals surface area contributed by atoms with Gasteiger partial charge in [-0.1, -0.05) is 23.2 Å². The average Bonchev–Trinajstić information content (AvgIpc) is 3.63. The number of alkyl halides is 3. The lowest BCUT2D eigenvalue weighted by Crippen LogP contribution is -2.47. The Bertz CT molecular complexity index is 1340. The van der Waals surface area contributed by atoms with Gasteiger partial charge in [0.2, 0.25) is 0 Å². The van der Waals surface area contributed by atoms with Crippen LogP contribution in [0, 0.1) is 5.41 Å². The van der Waals surface area contributed by atoms with E-state index in [1.54, 1.807) is 6.92 Å². The standard InChI is InChI=1S/C27H29Cl2F3N4O5/c1-25(24(39)40)6-2-15(3-7-25)36-22(27(30,31)32)17(10-34-36)23(38)35(14-26-8-4-16(41-26)5-9-26)13-20(37)21-18(28)11-33-12-19(21)29/h10-12,15-16H,2-9,13-14H2,1H3,(H,39,40)/t15?,16-,25?,26-. The fraction of sp³-hybridized carbons (Fsp3) is 0.593. The number of pyridine rings is 1. The number of halogens is 5. The summed E-state index contributed by atoms with van der Waals surface area (Å²) in [6, 6.07) is -0.738. The van der Waals surface area contributed by atoms with Crippen LogP contribution in [0.5, 0.6) is 0 Å². The molecule has 0 spiro atoms. The van der Waals surface area contributed by atoms with Crippen LogP contribution < -0.4 is 0 Å². The Hall–Kier alpha value is -2.70. The smallest absolute Gasteiger partial charge is 0.433 e. The van der Waals surface area contributed by atoms with Crippen molar-refractivity contribution >= 4 is 40.9 Å². The molecule has 41 heavy (non-hydrogen) atoms. The monoisotopic (exact) mass is 616 g/mol. The summed E-state index contributed by atoms with van der Waals surface area (Å²) in [7, 11) is 0. The van der Waals surface area contributed by atoms with Crippen molar-refractivity contribution < 1.29 is 37.4 Å². The first-order valence-corrected chi connectivity index (χ1v) is 14.2. The van der Waals surface area contributed by atoms with E-state index in [1.807, 2.05) is 0 Å². The number of ether oxygens (including phenoxy) is 1. The highest BCUT2D eigenvalue weighted by atomic mass is 35.5. The number of aliphatic carboxylic acids is 1. The molecule has 2 saturated heterocycles. The molecule has 0 unspecified atom stereocenters. The molecule has 2 aromatic heterocycles. The van der Waals surface area contributed by atoms with E-state index in [0.717, 1.165) is 28.6 Å². The van der Waals surface area contributed by atoms with Crippen molar-refractivity contribution in [3.05, 3.63) is 45.5 Å². The first-order chi connectivity index (χ1) is 19.2. The van der Waals surface area contributed by atoms with Gasteiger partial charge >= 0.3 is 12.1 Å². The van der Waals surface area contributed by atoms with E-state index in [-0.39, 0.29) is 53.9 Å². The van der Waals surface area contributed by atoms with Crippen LogP contribution >= 0.6 is 23.2 Å². The predicted molar refractivity (Wildman–Crippen MR) is 141 cm³/mol. The van der Waals surface area contributed by atoms with Crippen LogP contribution in [-0.2, 0) is 15.7 Å². The maximum Gasteiger partial charge on any atom is 0.433 e. The highest BCUT2D eigenvalue weighted by molar-refractivity contribution is 6.39. The lowest BCUT2D eigenvalue weighted by atomic mass is 9.74. The van der Waals surface area contributed by atoms with Crippen LogP contribution in [0.1, 0.15) is 90.7 Å². The third-order valence-electron chi connectivity index (χ3n) is 8.71. The number of nitrogens with zero attached hydrogens (tertiary/aromatic N) is 4. The zero-order valence-corrected chi connectivity index (χ0v) is 23.7. The number of carbonyl (C=O) groups is 3. The minimum absolute atomic E-state index is 0.0167. The van der Waals surface area contributed by atoms with Crippen molar-refractivity contribution in [3.63, 3.8) is 0 Å². The number of Topliss-reactive ketones (excluding diaryl/α,β-unsaturated/α-hetero) is 1. The second kappa shape index (κ2) is 10.9. The minimum atomic E-state index is -4.94. The van der Waals surface area contributed by atoms with E-state index in [9.17, 15) is 32.7 Å². The van der Waals surface area contributed by atoms with Crippen LogP contribution in [0.15, 0.2) is 18.6 Å². The number of amides is 1. The second-order valence-electron chi connectivity index (χ2n) is 11.5. The summed E-state index contributed by atoms with van der Waals surface area (Å²) >= 11 is 12.3. The van der Waals surface area contributed by atoms with Gasteiger partial charge in [-0.2, -0.15) is 18.3 Å². The minimum Gasteiger partial charge on any atom is -0.481 e. The second-order valence-corrected chi connectivity index (χ2v) is 12.3. The molecule has 4 heterocycles. The van der Waals surface area contributed by atoms with Crippen molar-refractivity contribution in [1.82, 2.24) is 19.7 Å². The molecule has 0 aromatic carbocycles. The molecule has 0 radical (unpaired) electrons. The first-order valence-electron chi connectivity index (χ1n) is 13.4. The quantitative estimate of drug-likeness (QED) is 0.370. The van der Waals surface area contributed by atoms with Crippen molar-refractivity contribution in [2.24, 2.45) is 5.41 Å². The van der Waals surface area contributed by atoms with Gasteiger partial charge in [-0.15, -0.1) is 0 Å². The van der Waals surface area contributed by atoms with Gasteiger partial charge in [-0.05, 0) is 58.3 Å². The highest BCUT2D eigenvalue weighted by Crippen LogP contribution is 2.46. The number of fused-ring (bicyclic) bond motifs is 2. The third kappa shape index (κ3) is 5.70. The molecular formula is C27H29Cl2F3N4O5. The van der Waals surface area contributed by atoms with Crippen molar-refractivity contribution in [1.29, 1.82) is 0 Å². The number of ketones is 1. The van der Waals surface area contributed by atoms with Gasteiger partial charge in [-0.25, -0.2) is 0 Å². The van der Waals surface area contributed by atoms with E-state index in [0.29, 0.717) is 12.8 Å². The molecule has 14 heteroatoms. The molecule has 3 aliphatic rings. The van der Waals surface area contributed by atoms with E-state index in [1.165, 1.54) is 12.4 Å². The molecule has 3 fully saturated rings.